The maximum Gasteiger partial charge on any atom is 0.303 e. The van der Waals surface area contributed by atoms with Gasteiger partial charge in [-0.15, -0.1) is 0 Å². The van der Waals surface area contributed by atoms with Crippen LogP contribution < -0.4 is 10.2 Å². The van der Waals surface area contributed by atoms with Crippen molar-refractivity contribution in [2.75, 3.05) is 25.0 Å². The molecule has 0 radical (unpaired) electrons. The number of nitrogens with one attached hydrogen (secondary N) is 1. The fourth-order valence-corrected chi connectivity index (χ4v) is 1.63. The topological polar surface area (TPSA) is 82.5 Å². The number of carboxylic acids is 1. The number of nitrogens with zero attached hydrogens (tertiary/aromatic N) is 2. The van der Waals surface area contributed by atoms with Gasteiger partial charge in [0.05, 0.1) is 0 Å². The number of anilines is 1. The highest BCUT2D eigenvalue weighted by Gasteiger charge is 2.09. The summed E-state index contributed by atoms with van der Waals surface area (Å²) in [5, 5.41) is 11.3. The highest BCUT2D eigenvalue weighted by molar-refractivity contribution is 5.93. The molecule has 0 unspecified atom stereocenters. The van der Waals surface area contributed by atoms with Gasteiger partial charge >= 0.3 is 5.97 Å². The first-order chi connectivity index (χ1) is 9.04. The molecule has 1 amide bonds. The van der Waals surface area contributed by atoms with E-state index >= 15 is 0 Å². The summed E-state index contributed by atoms with van der Waals surface area (Å²) in [5.41, 5.74) is 1.21. The monoisotopic (exact) mass is 265 g/mol. The van der Waals surface area contributed by atoms with Gasteiger partial charge in [-0.2, -0.15) is 0 Å². The molecule has 104 valence electrons. The van der Waals surface area contributed by atoms with Crippen LogP contribution in [0.3, 0.4) is 0 Å². The predicted molar refractivity (Wildman–Crippen MR) is 72.4 cm³/mol. The second-order valence-electron chi connectivity index (χ2n) is 4.18. The molecule has 6 heteroatoms. The van der Waals surface area contributed by atoms with E-state index in [1.165, 1.54) is 0 Å². The van der Waals surface area contributed by atoms with Crippen LogP contribution in [0, 0.1) is 0 Å². The van der Waals surface area contributed by atoms with Crippen LogP contribution in [0.2, 0.25) is 0 Å². The smallest absolute Gasteiger partial charge is 0.303 e. The van der Waals surface area contributed by atoms with Crippen molar-refractivity contribution in [3.8, 4) is 0 Å². The SMILES string of the molecule is CCNC(=O)c1cc(N(C)CCCC(=O)O)ccn1. The molecular weight excluding hydrogens is 246 g/mol. The first kappa shape index (κ1) is 14.9. The summed E-state index contributed by atoms with van der Waals surface area (Å²) in [6.07, 6.45) is 2.27. The first-order valence-corrected chi connectivity index (χ1v) is 6.21. The standard InChI is InChI=1S/C13H19N3O3/c1-3-14-13(19)11-9-10(6-7-15-11)16(2)8-4-5-12(17)18/h6-7,9H,3-5,8H2,1-2H3,(H,14,19)(H,17,18). The summed E-state index contributed by atoms with van der Waals surface area (Å²) >= 11 is 0. The third-order valence-corrected chi connectivity index (χ3v) is 2.64. The number of rotatable bonds is 7. The molecule has 0 aliphatic heterocycles. The Hall–Kier alpha value is -2.11. The molecule has 1 rings (SSSR count). The van der Waals surface area contributed by atoms with Gasteiger partial charge in [0.1, 0.15) is 5.69 Å². The number of carbonyl (C=O) groups excluding carboxylic acids is 1. The number of hydrogen-bond donors (Lipinski definition) is 2. The van der Waals surface area contributed by atoms with Crippen molar-refractivity contribution >= 4 is 17.6 Å². The van der Waals surface area contributed by atoms with Crippen LogP contribution in [-0.2, 0) is 4.79 Å². The molecule has 1 heterocycles. The van der Waals surface area contributed by atoms with E-state index in [9.17, 15) is 9.59 Å². The molecule has 0 aromatic carbocycles. The van der Waals surface area contributed by atoms with Crippen LogP contribution in [-0.4, -0.2) is 42.1 Å². The van der Waals surface area contributed by atoms with E-state index in [4.69, 9.17) is 5.11 Å². The fraction of sp³-hybridized carbons (Fsp3) is 0.462. The lowest BCUT2D eigenvalue weighted by molar-refractivity contribution is -0.137. The molecule has 0 saturated carbocycles. The molecule has 0 aliphatic carbocycles. The fourth-order valence-electron chi connectivity index (χ4n) is 1.63. The molecular formula is C13H19N3O3. The van der Waals surface area contributed by atoms with Gasteiger partial charge in [-0.1, -0.05) is 0 Å². The minimum absolute atomic E-state index is 0.138. The second kappa shape index (κ2) is 7.35. The maximum absolute atomic E-state index is 11.7. The Morgan fingerprint density at radius 3 is 2.84 bits per heavy atom. The third-order valence-electron chi connectivity index (χ3n) is 2.64. The molecule has 0 saturated heterocycles. The zero-order valence-electron chi connectivity index (χ0n) is 11.2. The Bertz CT molecular complexity index is 449. The zero-order valence-corrected chi connectivity index (χ0v) is 11.2. The van der Waals surface area contributed by atoms with Gasteiger partial charge in [-0.3, -0.25) is 14.6 Å². The zero-order chi connectivity index (χ0) is 14.3. The second-order valence-corrected chi connectivity index (χ2v) is 4.18. The number of carboxylic acid groups (broad SMARTS) is 1. The molecule has 19 heavy (non-hydrogen) atoms. The number of aromatic nitrogens is 1. The maximum atomic E-state index is 11.7. The largest absolute Gasteiger partial charge is 0.481 e. The van der Waals surface area contributed by atoms with Gasteiger partial charge in [-0.25, -0.2) is 0 Å². The van der Waals surface area contributed by atoms with Gasteiger partial charge < -0.3 is 15.3 Å². The minimum Gasteiger partial charge on any atom is -0.481 e. The van der Waals surface area contributed by atoms with Gasteiger partial charge in [0, 0.05) is 38.4 Å². The van der Waals surface area contributed by atoms with Crippen LogP contribution in [0.5, 0.6) is 0 Å². The van der Waals surface area contributed by atoms with Crippen molar-refractivity contribution in [2.45, 2.75) is 19.8 Å². The summed E-state index contributed by atoms with van der Waals surface area (Å²) in [7, 11) is 1.86. The summed E-state index contributed by atoms with van der Waals surface area (Å²) in [5.74, 6) is -1.01. The molecule has 1 aromatic rings. The molecule has 0 aliphatic rings. The van der Waals surface area contributed by atoms with Crippen molar-refractivity contribution < 1.29 is 14.7 Å². The van der Waals surface area contributed by atoms with E-state index in [1.807, 2.05) is 18.9 Å². The Labute approximate surface area is 112 Å². The van der Waals surface area contributed by atoms with Crippen molar-refractivity contribution in [3.63, 3.8) is 0 Å². The Morgan fingerprint density at radius 2 is 2.21 bits per heavy atom. The van der Waals surface area contributed by atoms with E-state index in [0.717, 1.165) is 5.69 Å². The Balaban J connectivity index is 2.64. The summed E-state index contributed by atoms with van der Waals surface area (Å²) in [6, 6.07) is 3.50. The third kappa shape index (κ3) is 4.95. The quantitative estimate of drug-likeness (QED) is 0.772. The van der Waals surface area contributed by atoms with E-state index in [-0.39, 0.29) is 12.3 Å². The van der Waals surface area contributed by atoms with Gasteiger partial charge in [-0.05, 0) is 25.5 Å². The van der Waals surface area contributed by atoms with Crippen LogP contribution >= 0.6 is 0 Å². The highest BCUT2D eigenvalue weighted by atomic mass is 16.4. The lowest BCUT2D eigenvalue weighted by atomic mass is 10.2. The van der Waals surface area contributed by atoms with E-state index in [1.54, 1.807) is 18.3 Å². The average Bonchev–Trinajstić information content (AvgIpc) is 2.38. The van der Waals surface area contributed by atoms with E-state index in [2.05, 4.69) is 10.3 Å². The highest BCUT2D eigenvalue weighted by Crippen LogP contribution is 2.13. The van der Waals surface area contributed by atoms with Gasteiger partial charge in [0.2, 0.25) is 0 Å². The number of pyridine rings is 1. The number of carbonyl (C=O) groups is 2. The van der Waals surface area contributed by atoms with Gasteiger partial charge in [0.15, 0.2) is 0 Å². The molecule has 0 fully saturated rings. The molecule has 6 nitrogen and oxygen atoms in total. The average molecular weight is 265 g/mol. The number of amides is 1. The van der Waals surface area contributed by atoms with Crippen LogP contribution in [0.4, 0.5) is 5.69 Å². The number of aliphatic carboxylic acids is 1. The molecule has 1 aromatic heterocycles. The van der Waals surface area contributed by atoms with Crippen molar-refractivity contribution in [3.05, 3.63) is 24.0 Å². The van der Waals surface area contributed by atoms with Crippen molar-refractivity contribution in [1.29, 1.82) is 0 Å². The van der Waals surface area contributed by atoms with E-state index < -0.39 is 5.97 Å². The summed E-state index contributed by atoms with van der Waals surface area (Å²) in [4.78, 5) is 28.0. The molecule has 0 atom stereocenters. The van der Waals surface area contributed by atoms with Crippen LogP contribution in [0.15, 0.2) is 18.3 Å². The van der Waals surface area contributed by atoms with Crippen molar-refractivity contribution in [2.24, 2.45) is 0 Å². The van der Waals surface area contributed by atoms with Crippen LogP contribution in [0.25, 0.3) is 0 Å². The lowest BCUT2D eigenvalue weighted by Crippen LogP contribution is -2.25. The first-order valence-electron chi connectivity index (χ1n) is 6.21. The Morgan fingerprint density at radius 1 is 1.47 bits per heavy atom. The predicted octanol–water partition coefficient (Wildman–Crippen LogP) is 1.13. The summed E-state index contributed by atoms with van der Waals surface area (Å²) in [6.45, 7) is 3.02. The lowest BCUT2D eigenvalue weighted by Gasteiger charge is -2.19. The molecule has 0 spiro atoms. The Kier molecular flexibility index (Phi) is 5.78. The van der Waals surface area contributed by atoms with Gasteiger partial charge in [0.25, 0.3) is 5.91 Å². The summed E-state index contributed by atoms with van der Waals surface area (Å²) < 4.78 is 0. The van der Waals surface area contributed by atoms with Crippen LogP contribution in [0.1, 0.15) is 30.3 Å². The van der Waals surface area contributed by atoms with Crippen molar-refractivity contribution in [1.82, 2.24) is 10.3 Å². The molecule has 0 bridgehead atoms. The molecule has 2 N–H and O–H groups in total. The minimum atomic E-state index is -0.800. The normalized spacial score (nSPS) is 10.0. The number of hydrogen-bond acceptors (Lipinski definition) is 4. The van der Waals surface area contributed by atoms with E-state index in [0.29, 0.717) is 25.2 Å².